The molecular weight excluding hydrogens is 230 g/mol. The molecule has 0 saturated heterocycles. The minimum absolute atomic E-state index is 0.287. The zero-order valence-corrected chi connectivity index (χ0v) is 9.93. The molecular formula is C13H13N3O2. The number of pyridine rings is 1. The minimum Gasteiger partial charge on any atom is -0.454 e. The normalized spacial score (nSPS) is 12.3. The molecule has 0 fully saturated rings. The van der Waals surface area contributed by atoms with Crippen molar-refractivity contribution in [2.45, 2.75) is 0 Å². The minimum atomic E-state index is 0.287. The second-order valence-electron chi connectivity index (χ2n) is 3.91. The van der Waals surface area contributed by atoms with Crippen molar-refractivity contribution in [2.24, 2.45) is 0 Å². The topological polar surface area (TPSA) is 55.4 Å². The second kappa shape index (κ2) is 4.44. The molecule has 0 amide bonds. The zero-order chi connectivity index (χ0) is 12.4. The Morgan fingerprint density at radius 1 is 1.00 bits per heavy atom. The van der Waals surface area contributed by atoms with Crippen molar-refractivity contribution >= 4 is 17.1 Å². The van der Waals surface area contributed by atoms with Crippen molar-refractivity contribution in [2.75, 3.05) is 24.5 Å². The van der Waals surface area contributed by atoms with E-state index in [4.69, 9.17) is 9.47 Å². The first-order valence-electron chi connectivity index (χ1n) is 5.64. The highest BCUT2D eigenvalue weighted by Gasteiger charge is 2.13. The van der Waals surface area contributed by atoms with Crippen LogP contribution in [-0.2, 0) is 0 Å². The van der Waals surface area contributed by atoms with Crippen LogP contribution in [0.1, 0.15) is 0 Å². The van der Waals surface area contributed by atoms with Crippen LogP contribution in [0, 0.1) is 0 Å². The predicted octanol–water partition coefficient (Wildman–Crippen LogP) is 2.60. The van der Waals surface area contributed by atoms with E-state index in [9.17, 15) is 0 Å². The average molecular weight is 243 g/mol. The Bertz CT molecular complexity index is 572. The first kappa shape index (κ1) is 10.7. The molecule has 0 unspecified atom stereocenters. The molecule has 0 bridgehead atoms. The summed E-state index contributed by atoms with van der Waals surface area (Å²) in [6.07, 6.45) is 3.54. The van der Waals surface area contributed by atoms with Crippen molar-refractivity contribution in [1.29, 1.82) is 0 Å². The van der Waals surface area contributed by atoms with Gasteiger partial charge in [-0.15, -0.1) is 0 Å². The average Bonchev–Trinajstić information content (AvgIpc) is 2.86. The Balaban J connectivity index is 1.83. The number of fused-ring (bicyclic) bond motifs is 1. The number of nitrogens with one attached hydrogen (secondary N) is 2. The van der Waals surface area contributed by atoms with Gasteiger partial charge in [-0.2, -0.15) is 0 Å². The third-order valence-corrected chi connectivity index (χ3v) is 2.69. The number of rotatable bonds is 3. The molecule has 2 heterocycles. The Morgan fingerprint density at radius 3 is 2.72 bits per heavy atom. The van der Waals surface area contributed by atoms with Crippen LogP contribution in [0.3, 0.4) is 0 Å². The van der Waals surface area contributed by atoms with E-state index in [1.165, 1.54) is 0 Å². The van der Waals surface area contributed by atoms with Crippen molar-refractivity contribution in [1.82, 2.24) is 4.98 Å². The maximum absolute atomic E-state index is 5.33. The highest BCUT2D eigenvalue weighted by Crippen LogP contribution is 2.35. The molecule has 18 heavy (non-hydrogen) atoms. The van der Waals surface area contributed by atoms with Crippen LogP contribution in [-0.4, -0.2) is 18.8 Å². The summed E-state index contributed by atoms with van der Waals surface area (Å²) in [5.74, 6) is 1.54. The Morgan fingerprint density at radius 2 is 1.83 bits per heavy atom. The summed E-state index contributed by atoms with van der Waals surface area (Å²) in [6, 6.07) is 7.73. The summed E-state index contributed by atoms with van der Waals surface area (Å²) in [7, 11) is 1.86. The lowest BCUT2D eigenvalue weighted by Crippen LogP contribution is -1.94. The predicted molar refractivity (Wildman–Crippen MR) is 69.6 cm³/mol. The number of ether oxygens (including phenoxy) is 2. The second-order valence-corrected chi connectivity index (χ2v) is 3.91. The van der Waals surface area contributed by atoms with E-state index in [0.29, 0.717) is 0 Å². The molecule has 0 aliphatic carbocycles. The molecule has 2 aromatic rings. The summed E-state index contributed by atoms with van der Waals surface area (Å²) >= 11 is 0. The Kier molecular flexibility index (Phi) is 2.64. The van der Waals surface area contributed by atoms with Gasteiger partial charge in [0, 0.05) is 18.8 Å². The number of anilines is 3. The first-order chi connectivity index (χ1) is 8.85. The molecule has 0 spiro atoms. The van der Waals surface area contributed by atoms with Gasteiger partial charge in [0.25, 0.3) is 0 Å². The molecule has 0 atom stereocenters. The van der Waals surface area contributed by atoms with Crippen LogP contribution in [0.25, 0.3) is 0 Å². The first-order valence-corrected chi connectivity index (χ1v) is 5.64. The molecule has 3 rings (SSSR count). The van der Waals surface area contributed by atoms with Gasteiger partial charge < -0.3 is 20.1 Å². The maximum Gasteiger partial charge on any atom is 0.231 e. The van der Waals surface area contributed by atoms with E-state index in [-0.39, 0.29) is 6.79 Å². The number of aromatic nitrogens is 1. The molecule has 92 valence electrons. The third-order valence-electron chi connectivity index (χ3n) is 2.69. The van der Waals surface area contributed by atoms with Crippen LogP contribution in [0.2, 0.25) is 0 Å². The van der Waals surface area contributed by atoms with Gasteiger partial charge in [0.05, 0.1) is 23.8 Å². The van der Waals surface area contributed by atoms with Gasteiger partial charge in [-0.3, -0.25) is 4.98 Å². The standard InChI is InChI=1S/C13H13N3O2/c1-14-10-4-11(7-15-6-10)16-9-2-3-12-13(5-9)18-8-17-12/h2-7,14,16H,8H2,1H3. The van der Waals surface area contributed by atoms with Crippen LogP contribution < -0.4 is 20.1 Å². The summed E-state index contributed by atoms with van der Waals surface area (Å²) in [6.45, 7) is 0.287. The van der Waals surface area contributed by atoms with Crippen LogP contribution >= 0.6 is 0 Å². The Labute approximate surface area is 105 Å². The lowest BCUT2D eigenvalue weighted by Gasteiger charge is -2.08. The number of benzene rings is 1. The smallest absolute Gasteiger partial charge is 0.231 e. The van der Waals surface area contributed by atoms with Crippen molar-refractivity contribution < 1.29 is 9.47 Å². The fraction of sp³-hybridized carbons (Fsp3) is 0.154. The molecule has 0 saturated carbocycles. The fourth-order valence-electron chi connectivity index (χ4n) is 1.79. The third kappa shape index (κ3) is 2.02. The molecule has 0 radical (unpaired) electrons. The van der Waals surface area contributed by atoms with E-state index < -0.39 is 0 Å². The summed E-state index contributed by atoms with van der Waals surface area (Å²) < 4.78 is 10.6. The molecule has 5 nitrogen and oxygen atoms in total. The molecule has 5 heteroatoms. The molecule has 1 aliphatic heterocycles. The van der Waals surface area contributed by atoms with Crippen molar-refractivity contribution in [3.63, 3.8) is 0 Å². The fourth-order valence-corrected chi connectivity index (χ4v) is 1.79. The van der Waals surface area contributed by atoms with E-state index in [0.717, 1.165) is 28.6 Å². The number of hydrogen-bond donors (Lipinski definition) is 2. The quantitative estimate of drug-likeness (QED) is 0.867. The molecule has 1 aromatic heterocycles. The highest BCUT2D eigenvalue weighted by molar-refractivity contribution is 5.65. The van der Waals surface area contributed by atoms with E-state index in [1.807, 2.05) is 31.3 Å². The summed E-state index contributed by atoms with van der Waals surface area (Å²) in [5, 5.41) is 6.32. The van der Waals surface area contributed by atoms with Crippen molar-refractivity contribution in [3.8, 4) is 11.5 Å². The van der Waals surface area contributed by atoms with Gasteiger partial charge >= 0.3 is 0 Å². The number of hydrogen-bond acceptors (Lipinski definition) is 5. The Hall–Kier alpha value is -2.43. The van der Waals surface area contributed by atoms with Crippen LogP contribution in [0.4, 0.5) is 17.1 Å². The summed E-state index contributed by atoms with van der Waals surface area (Å²) in [5.41, 5.74) is 2.82. The lowest BCUT2D eigenvalue weighted by atomic mass is 10.2. The van der Waals surface area contributed by atoms with E-state index in [2.05, 4.69) is 15.6 Å². The van der Waals surface area contributed by atoms with Crippen LogP contribution in [0.15, 0.2) is 36.7 Å². The van der Waals surface area contributed by atoms with E-state index >= 15 is 0 Å². The monoisotopic (exact) mass is 243 g/mol. The van der Waals surface area contributed by atoms with Gasteiger partial charge in [0.15, 0.2) is 11.5 Å². The van der Waals surface area contributed by atoms with Gasteiger partial charge in [-0.25, -0.2) is 0 Å². The molecule has 1 aromatic carbocycles. The van der Waals surface area contributed by atoms with E-state index in [1.54, 1.807) is 12.4 Å². The molecule has 1 aliphatic rings. The van der Waals surface area contributed by atoms with Gasteiger partial charge in [-0.05, 0) is 18.2 Å². The van der Waals surface area contributed by atoms with Gasteiger partial charge in [0.1, 0.15) is 0 Å². The van der Waals surface area contributed by atoms with Gasteiger partial charge in [-0.1, -0.05) is 0 Å². The highest BCUT2D eigenvalue weighted by atomic mass is 16.7. The molecule has 2 N–H and O–H groups in total. The maximum atomic E-state index is 5.33. The number of nitrogens with zero attached hydrogens (tertiary/aromatic N) is 1. The zero-order valence-electron chi connectivity index (χ0n) is 9.93. The largest absolute Gasteiger partial charge is 0.454 e. The van der Waals surface area contributed by atoms with Crippen LogP contribution in [0.5, 0.6) is 11.5 Å². The van der Waals surface area contributed by atoms with Crippen molar-refractivity contribution in [3.05, 3.63) is 36.7 Å². The lowest BCUT2D eigenvalue weighted by molar-refractivity contribution is 0.174. The van der Waals surface area contributed by atoms with Gasteiger partial charge in [0.2, 0.25) is 6.79 Å². The summed E-state index contributed by atoms with van der Waals surface area (Å²) in [4.78, 5) is 4.14. The SMILES string of the molecule is CNc1cncc(Nc2ccc3c(c2)OCO3)c1.